The molecule has 0 fully saturated rings. The Kier molecular flexibility index (Phi) is 20.1. The summed E-state index contributed by atoms with van der Waals surface area (Å²) in [4.78, 5) is 94.0. The summed E-state index contributed by atoms with van der Waals surface area (Å²) in [5, 5.41) is 31.5. The third kappa shape index (κ3) is 18.2. The van der Waals surface area contributed by atoms with Crippen molar-refractivity contribution in [2.75, 3.05) is 13.2 Å². The van der Waals surface area contributed by atoms with Crippen LogP contribution in [0.2, 0.25) is 0 Å². The molecular formula is C34H56N10O9. The highest BCUT2D eigenvalue weighted by molar-refractivity contribution is 5.96. The molecule has 0 bridgehead atoms. The van der Waals surface area contributed by atoms with Crippen LogP contribution in [-0.4, -0.2) is 107 Å². The Balaban J connectivity index is 3.38. The van der Waals surface area contributed by atoms with Gasteiger partial charge in [0.05, 0.1) is 13.0 Å². The van der Waals surface area contributed by atoms with Gasteiger partial charge in [0.25, 0.3) is 0 Å². The van der Waals surface area contributed by atoms with Crippen molar-refractivity contribution in [2.24, 2.45) is 39.8 Å². The molecule has 0 heterocycles. The highest BCUT2D eigenvalue weighted by Gasteiger charge is 2.33. The quantitative estimate of drug-likeness (QED) is 0.0288. The first-order chi connectivity index (χ1) is 24.8. The zero-order chi connectivity index (χ0) is 40.2. The smallest absolute Gasteiger partial charge is 0.326 e. The zero-order valence-corrected chi connectivity index (χ0v) is 30.7. The highest BCUT2D eigenvalue weighted by atomic mass is 16.4. The van der Waals surface area contributed by atoms with Crippen molar-refractivity contribution < 1.29 is 43.8 Å². The number of carboxylic acids is 1. The number of amides is 6. The van der Waals surface area contributed by atoms with E-state index in [9.17, 15) is 43.8 Å². The number of hydrogen-bond acceptors (Lipinski definition) is 10. The fourth-order valence-electron chi connectivity index (χ4n) is 5.09. The lowest BCUT2D eigenvalue weighted by Gasteiger charge is -2.28. The number of nitrogens with zero attached hydrogens (tertiary/aromatic N) is 1. The second-order valence-corrected chi connectivity index (χ2v) is 13.5. The van der Waals surface area contributed by atoms with Gasteiger partial charge < -0.3 is 59.7 Å². The van der Waals surface area contributed by atoms with E-state index in [-0.39, 0.29) is 56.4 Å². The van der Waals surface area contributed by atoms with Gasteiger partial charge in [-0.05, 0) is 43.1 Å². The van der Waals surface area contributed by atoms with Crippen LogP contribution in [0.25, 0.3) is 0 Å². The van der Waals surface area contributed by atoms with Crippen LogP contribution < -0.4 is 49.5 Å². The average Bonchev–Trinajstić information content (AvgIpc) is 3.07. The number of nitrogens with two attached hydrogens (primary N) is 4. The van der Waals surface area contributed by atoms with E-state index in [1.807, 2.05) is 0 Å². The molecule has 0 aliphatic heterocycles. The summed E-state index contributed by atoms with van der Waals surface area (Å²) in [7, 11) is 0. The molecule has 0 unspecified atom stereocenters. The van der Waals surface area contributed by atoms with Crippen LogP contribution in [0.4, 0.5) is 0 Å². The van der Waals surface area contributed by atoms with Gasteiger partial charge in [-0.25, -0.2) is 4.79 Å². The summed E-state index contributed by atoms with van der Waals surface area (Å²) in [6.45, 7) is 6.58. The normalized spacial score (nSPS) is 14.4. The maximum absolute atomic E-state index is 13.9. The lowest BCUT2D eigenvalue weighted by molar-refractivity contribution is -0.144. The molecule has 0 aromatic heterocycles. The predicted octanol–water partition coefficient (Wildman–Crippen LogP) is -2.92. The van der Waals surface area contributed by atoms with E-state index in [1.54, 1.807) is 58.0 Å². The molecule has 6 atom stereocenters. The number of guanidine groups is 1. The molecule has 0 aliphatic carbocycles. The summed E-state index contributed by atoms with van der Waals surface area (Å²) in [6, 6.07) is 0.846. The second kappa shape index (κ2) is 23.3. The summed E-state index contributed by atoms with van der Waals surface area (Å²) < 4.78 is 0. The number of hydrogen-bond donors (Lipinski definition) is 11. The topological polar surface area (TPSA) is 337 Å². The molecule has 0 aliphatic rings. The zero-order valence-electron chi connectivity index (χ0n) is 30.7. The van der Waals surface area contributed by atoms with Gasteiger partial charge in [0, 0.05) is 13.0 Å². The molecule has 1 aromatic rings. The van der Waals surface area contributed by atoms with Crippen molar-refractivity contribution in [1.82, 2.24) is 26.6 Å². The molecule has 1 rings (SSSR count). The van der Waals surface area contributed by atoms with Crippen molar-refractivity contribution >= 4 is 47.4 Å². The number of carbonyl (C=O) groups is 7. The van der Waals surface area contributed by atoms with Crippen LogP contribution >= 0.6 is 0 Å². The highest BCUT2D eigenvalue weighted by Crippen LogP contribution is 2.12. The molecular weight excluding hydrogens is 692 g/mol. The Morgan fingerprint density at radius 3 is 1.58 bits per heavy atom. The van der Waals surface area contributed by atoms with Gasteiger partial charge in [0.1, 0.15) is 36.3 Å². The first-order valence-electron chi connectivity index (χ1n) is 17.3. The second-order valence-electron chi connectivity index (χ2n) is 13.5. The monoisotopic (exact) mass is 748 g/mol. The summed E-state index contributed by atoms with van der Waals surface area (Å²) in [6.07, 6.45) is -0.251. The van der Waals surface area contributed by atoms with Crippen LogP contribution in [0, 0.1) is 11.8 Å². The van der Waals surface area contributed by atoms with Crippen molar-refractivity contribution in [3.05, 3.63) is 35.9 Å². The largest absolute Gasteiger partial charge is 0.480 e. The van der Waals surface area contributed by atoms with Crippen molar-refractivity contribution in [3.63, 3.8) is 0 Å². The summed E-state index contributed by atoms with van der Waals surface area (Å²) in [5.41, 5.74) is 22.3. The Hall–Kier alpha value is -5.30. The Morgan fingerprint density at radius 2 is 1.13 bits per heavy atom. The molecule has 0 spiro atoms. The lowest BCUT2D eigenvalue weighted by Crippen LogP contribution is -2.60. The van der Waals surface area contributed by atoms with E-state index in [1.165, 1.54) is 0 Å². The van der Waals surface area contributed by atoms with Crippen molar-refractivity contribution in [1.29, 1.82) is 0 Å². The van der Waals surface area contributed by atoms with E-state index in [2.05, 4.69) is 31.6 Å². The Morgan fingerprint density at radius 1 is 0.679 bits per heavy atom. The molecule has 19 heteroatoms. The molecule has 0 radical (unpaired) electrons. The van der Waals surface area contributed by atoms with Crippen LogP contribution in [0.3, 0.4) is 0 Å². The molecule has 53 heavy (non-hydrogen) atoms. The summed E-state index contributed by atoms with van der Waals surface area (Å²) >= 11 is 0. The van der Waals surface area contributed by atoms with Crippen LogP contribution in [0.5, 0.6) is 0 Å². The van der Waals surface area contributed by atoms with E-state index >= 15 is 0 Å². The number of carboxylic acid groups (broad SMARTS) is 1. The molecule has 0 saturated carbocycles. The average molecular weight is 749 g/mol. The number of primary amides is 1. The molecule has 1 aromatic carbocycles. The Bertz CT molecular complexity index is 1420. The number of aliphatic hydroxyl groups excluding tert-OH is 1. The van der Waals surface area contributed by atoms with Gasteiger partial charge in [-0.2, -0.15) is 0 Å². The third-order valence-corrected chi connectivity index (χ3v) is 7.73. The number of carbonyl (C=O) groups excluding carboxylic acids is 6. The SMILES string of the molecule is CC(C)C[C@H](NC(=O)[C@H](CC(C)C)NC(=O)[C@H](CCCN=C(N)N)NC(=O)[C@H](Cc1ccccc1)NC(=O)[C@@H](N)CO)C(=O)N[C@@H](CC(N)=O)C(=O)O. The standard InChI is InChI=1S/C34H56N10O9/c1-18(2)13-23(30(49)43-24(14-19(3)4)31(50)44-26(33(52)53)16-27(36)46)42-29(48)22(11-8-12-39-34(37)38)40-32(51)25(41-28(47)21(35)17-45)15-20-9-6-5-7-10-20/h5-7,9-10,18-19,21-26,45H,8,11-17,35H2,1-4H3,(H2,36,46)(H,40,51)(H,41,47)(H,42,48)(H,43,49)(H,44,50)(H,52,53)(H4,37,38,39)/t21-,22-,23-,24-,25-,26-/m0/s1. The first kappa shape index (κ1) is 45.7. The number of benzene rings is 1. The maximum Gasteiger partial charge on any atom is 0.326 e. The van der Waals surface area contributed by atoms with Gasteiger partial charge >= 0.3 is 5.97 Å². The van der Waals surface area contributed by atoms with Crippen LogP contribution in [-0.2, 0) is 40.0 Å². The third-order valence-electron chi connectivity index (χ3n) is 7.73. The van der Waals surface area contributed by atoms with Crippen LogP contribution in [0.1, 0.15) is 65.4 Å². The lowest BCUT2D eigenvalue weighted by atomic mass is 9.99. The van der Waals surface area contributed by atoms with Crippen LogP contribution in [0.15, 0.2) is 35.3 Å². The molecule has 19 nitrogen and oxygen atoms in total. The van der Waals surface area contributed by atoms with Crippen molar-refractivity contribution in [3.8, 4) is 0 Å². The molecule has 6 amide bonds. The Labute approximate surface area is 308 Å². The van der Waals surface area contributed by atoms with E-state index < -0.39 is 90.7 Å². The van der Waals surface area contributed by atoms with Crippen molar-refractivity contribution in [2.45, 2.75) is 102 Å². The van der Waals surface area contributed by atoms with Gasteiger partial charge in [0.2, 0.25) is 35.4 Å². The first-order valence-corrected chi connectivity index (χ1v) is 17.3. The van der Waals surface area contributed by atoms with Gasteiger partial charge in [-0.15, -0.1) is 0 Å². The van der Waals surface area contributed by atoms with E-state index in [0.717, 1.165) is 0 Å². The maximum atomic E-state index is 13.9. The summed E-state index contributed by atoms with van der Waals surface area (Å²) in [5.74, 6) is -6.86. The predicted molar refractivity (Wildman–Crippen MR) is 195 cm³/mol. The van der Waals surface area contributed by atoms with Gasteiger partial charge in [-0.3, -0.25) is 33.8 Å². The number of nitrogens with one attached hydrogen (secondary N) is 5. The number of aliphatic hydroxyl groups is 1. The molecule has 15 N–H and O–H groups in total. The molecule has 0 saturated heterocycles. The van der Waals surface area contributed by atoms with Gasteiger partial charge in [0.15, 0.2) is 5.96 Å². The van der Waals surface area contributed by atoms with E-state index in [0.29, 0.717) is 5.56 Å². The number of aliphatic carboxylic acids is 1. The minimum Gasteiger partial charge on any atom is -0.480 e. The minimum atomic E-state index is -1.63. The fourth-order valence-corrected chi connectivity index (χ4v) is 5.09. The van der Waals surface area contributed by atoms with E-state index in [4.69, 9.17) is 22.9 Å². The minimum absolute atomic E-state index is 0.00134. The fraction of sp³-hybridized carbons (Fsp3) is 0.588. The number of aliphatic imine (C=N–C) groups is 1. The number of rotatable bonds is 24. The van der Waals surface area contributed by atoms with Gasteiger partial charge in [-0.1, -0.05) is 58.0 Å². The molecule has 296 valence electrons.